The summed E-state index contributed by atoms with van der Waals surface area (Å²) in [7, 11) is 1.41. The standard InChI is InChI=1S/C24H26FN3O4/c1-3-4-13-31-18-8-6-17(7-9-18)23-26-24(32-27-23)20-10-12-22(29)28(20)15-16-5-11-21(30-2)19(25)14-16/h5-9,11,14,20H,3-4,10,12-13,15H2,1-2H3. The Hall–Kier alpha value is -3.42. The lowest BCUT2D eigenvalue weighted by atomic mass is 10.1. The fraction of sp³-hybridized carbons (Fsp3) is 0.375. The van der Waals surface area contributed by atoms with Crippen LogP contribution in [-0.4, -0.2) is 34.7 Å². The van der Waals surface area contributed by atoms with E-state index in [-0.39, 0.29) is 24.2 Å². The van der Waals surface area contributed by atoms with E-state index < -0.39 is 5.82 Å². The lowest BCUT2D eigenvalue weighted by molar-refractivity contribution is -0.130. The molecule has 1 amide bonds. The maximum atomic E-state index is 14.1. The maximum Gasteiger partial charge on any atom is 0.249 e. The highest BCUT2D eigenvalue weighted by Gasteiger charge is 2.36. The Kier molecular flexibility index (Phi) is 6.68. The van der Waals surface area contributed by atoms with Crippen LogP contribution in [0.3, 0.4) is 0 Å². The SMILES string of the molecule is CCCCOc1ccc(-c2noc(C3CCC(=O)N3Cc3ccc(OC)c(F)c3)n2)cc1. The van der Waals surface area contributed by atoms with Gasteiger partial charge in [-0.3, -0.25) is 4.79 Å². The summed E-state index contributed by atoms with van der Waals surface area (Å²) in [5, 5.41) is 4.10. The number of carbonyl (C=O) groups is 1. The second-order valence-corrected chi connectivity index (χ2v) is 7.73. The quantitative estimate of drug-likeness (QED) is 0.440. The van der Waals surface area contributed by atoms with Gasteiger partial charge in [-0.2, -0.15) is 4.98 Å². The van der Waals surface area contributed by atoms with E-state index in [9.17, 15) is 9.18 Å². The van der Waals surface area contributed by atoms with Crippen molar-refractivity contribution in [1.82, 2.24) is 15.0 Å². The summed E-state index contributed by atoms with van der Waals surface area (Å²) in [6.45, 7) is 3.06. The van der Waals surface area contributed by atoms with Crippen molar-refractivity contribution in [3.05, 3.63) is 59.7 Å². The maximum absolute atomic E-state index is 14.1. The number of amides is 1. The number of methoxy groups -OCH3 is 1. The third-order valence-electron chi connectivity index (χ3n) is 5.50. The first-order chi connectivity index (χ1) is 15.6. The third kappa shape index (κ3) is 4.74. The van der Waals surface area contributed by atoms with E-state index in [4.69, 9.17) is 14.0 Å². The Balaban J connectivity index is 1.47. The van der Waals surface area contributed by atoms with Gasteiger partial charge in [-0.05, 0) is 54.8 Å². The molecule has 7 nitrogen and oxygen atoms in total. The number of unbranched alkanes of at least 4 members (excludes halogenated alkanes) is 1. The van der Waals surface area contributed by atoms with Crippen molar-refractivity contribution < 1.29 is 23.2 Å². The highest BCUT2D eigenvalue weighted by atomic mass is 19.1. The molecule has 1 aromatic heterocycles. The van der Waals surface area contributed by atoms with Gasteiger partial charge in [-0.1, -0.05) is 24.6 Å². The molecule has 2 heterocycles. The molecule has 168 valence electrons. The zero-order valence-electron chi connectivity index (χ0n) is 18.2. The molecule has 8 heteroatoms. The second-order valence-electron chi connectivity index (χ2n) is 7.73. The van der Waals surface area contributed by atoms with Crippen molar-refractivity contribution in [1.29, 1.82) is 0 Å². The molecule has 0 spiro atoms. The molecule has 0 radical (unpaired) electrons. The van der Waals surface area contributed by atoms with Gasteiger partial charge in [-0.25, -0.2) is 4.39 Å². The monoisotopic (exact) mass is 439 g/mol. The Bertz CT molecular complexity index is 1070. The number of likely N-dealkylation sites (tertiary alicyclic amines) is 1. The molecule has 1 aliphatic rings. The minimum Gasteiger partial charge on any atom is -0.494 e. The number of aromatic nitrogens is 2. The van der Waals surface area contributed by atoms with E-state index in [0.717, 1.165) is 24.2 Å². The molecule has 0 bridgehead atoms. The fourth-order valence-corrected chi connectivity index (χ4v) is 3.72. The van der Waals surface area contributed by atoms with Gasteiger partial charge < -0.3 is 18.9 Å². The number of hydrogen-bond acceptors (Lipinski definition) is 6. The number of hydrogen-bond donors (Lipinski definition) is 0. The average Bonchev–Trinajstić information content (AvgIpc) is 3.42. The summed E-state index contributed by atoms with van der Waals surface area (Å²) in [5.41, 5.74) is 1.47. The van der Waals surface area contributed by atoms with E-state index in [0.29, 0.717) is 36.7 Å². The second kappa shape index (κ2) is 9.80. The average molecular weight is 439 g/mol. The van der Waals surface area contributed by atoms with Crippen molar-refractivity contribution in [2.75, 3.05) is 13.7 Å². The molecular weight excluding hydrogens is 413 g/mol. The first-order valence-corrected chi connectivity index (χ1v) is 10.8. The summed E-state index contributed by atoms with van der Waals surface area (Å²) in [6, 6.07) is 11.9. The molecular formula is C24H26FN3O4. The van der Waals surface area contributed by atoms with Crippen LogP contribution in [0.15, 0.2) is 47.0 Å². The van der Waals surface area contributed by atoms with Gasteiger partial charge in [0.1, 0.15) is 11.8 Å². The van der Waals surface area contributed by atoms with Crippen LogP contribution in [0.5, 0.6) is 11.5 Å². The third-order valence-corrected chi connectivity index (χ3v) is 5.50. The van der Waals surface area contributed by atoms with Crippen molar-refractivity contribution >= 4 is 5.91 Å². The van der Waals surface area contributed by atoms with Gasteiger partial charge in [0, 0.05) is 18.5 Å². The molecule has 2 aromatic carbocycles. The summed E-state index contributed by atoms with van der Waals surface area (Å²) in [6.07, 6.45) is 3.04. The molecule has 1 aliphatic heterocycles. The van der Waals surface area contributed by atoms with Crippen molar-refractivity contribution in [2.24, 2.45) is 0 Å². The molecule has 32 heavy (non-hydrogen) atoms. The van der Waals surface area contributed by atoms with E-state index in [1.807, 2.05) is 24.3 Å². The molecule has 1 saturated heterocycles. The normalized spacial score (nSPS) is 15.9. The van der Waals surface area contributed by atoms with Crippen molar-refractivity contribution in [2.45, 2.75) is 45.2 Å². The zero-order valence-corrected chi connectivity index (χ0v) is 18.2. The summed E-state index contributed by atoms with van der Waals surface area (Å²) in [5.74, 6) is 1.31. The van der Waals surface area contributed by atoms with Crippen molar-refractivity contribution in [3.63, 3.8) is 0 Å². The van der Waals surface area contributed by atoms with Crippen LogP contribution in [0.1, 0.15) is 50.1 Å². The van der Waals surface area contributed by atoms with Crippen molar-refractivity contribution in [3.8, 4) is 22.9 Å². The first-order valence-electron chi connectivity index (χ1n) is 10.8. The summed E-state index contributed by atoms with van der Waals surface area (Å²) >= 11 is 0. The highest BCUT2D eigenvalue weighted by molar-refractivity contribution is 5.78. The Morgan fingerprint density at radius 1 is 1.22 bits per heavy atom. The minimum atomic E-state index is -0.463. The largest absolute Gasteiger partial charge is 0.494 e. The van der Waals surface area contributed by atoms with Crippen LogP contribution in [0, 0.1) is 5.82 Å². The summed E-state index contributed by atoms with van der Waals surface area (Å²) < 4.78 is 30.2. The van der Waals surface area contributed by atoms with Crippen LogP contribution >= 0.6 is 0 Å². The number of nitrogens with zero attached hydrogens (tertiary/aromatic N) is 3. The van der Waals surface area contributed by atoms with Crippen LogP contribution in [-0.2, 0) is 11.3 Å². The predicted octanol–water partition coefficient (Wildman–Crippen LogP) is 4.93. The fourth-order valence-electron chi connectivity index (χ4n) is 3.72. The molecule has 1 atom stereocenters. The Morgan fingerprint density at radius 2 is 2.03 bits per heavy atom. The zero-order chi connectivity index (χ0) is 22.5. The van der Waals surface area contributed by atoms with Gasteiger partial charge in [0.2, 0.25) is 17.6 Å². The molecule has 1 unspecified atom stereocenters. The molecule has 4 rings (SSSR count). The Labute approximate surface area is 186 Å². The van der Waals surface area contributed by atoms with Gasteiger partial charge >= 0.3 is 0 Å². The van der Waals surface area contributed by atoms with Gasteiger partial charge in [0.25, 0.3) is 0 Å². The van der Waals surface area contributed by atoms with E-state index in [1.165, 1.54) is 13.2 Å². The van der Waals surface area contributed by atoms with Crippen LogP contribution < -0.4 is 9.47 Å². The molecule has 1 fully saturated rings. The molecule has 3 aromatic rings. The molecule has 0 saturated carbocycles. The van der Waals surface area contributed by atoms with Crippen LogP contribution in [0.25, 0.3) is 11.4 Å². The lowest BCUT2D eigenvalue weighted by Gasteiger charge is -2.22. The lowest BCUT2D eigenvalue weighted by Crippen LogP contribution is -2.27. The number of carbonyl (C=O) groups excluding carboxylic acids is 1. The van der Waals surface area contributed by atoms with Gasteiger partial charge in [-0.15, -0.1) is 0 Å². The van der Waals surface area contributed by atoms with Gasteiger partial charge in [0.05, 0.1) is 13.7 Å². The van der Waals surface area contributed by atoms with E-state index in [1.54, 1.807) is 17.0 Å². The minimum absolute atomic E-state index is 0.0282. The number of halogens is 1. The summed E-state index contributed by atoms with van der Waals surface area (Å²) in [4.78, 5) is 18.7. The topological polar surface area (TPSA) is 77.7 Å². The molecule has 0 aliphatic carbocycles. The molecule has 0 N–H and O–H groups in total. The Morgan fingerprint density at radius 3 is 2.75 bits per heavy atom. The number of ether oxygens (including phenoxy) is 2. The smallest absolute Gasteiger partial charge is 0.249 e. The first kappa shape index (κ1) is 21.8. The van der Waals surface area contributed by atoms with E-state index in [2.05, 4.69) is 17.1 Å². The number of rotatable bonds is 9. The van der Waals surface area contributed by atoms with Gasteiger partial charge in [0.15, 0.2) is 11.6 Å². The highest BCUT2D eigenvalue weighted by Crippen LogP contribution is 2.34. The van der Waals surface area contributed by atoms with E-state index >= 15 is 0 Å². The number of benzene rings is 2. The predicted molar refractivity (Wildman–Crippen MR) is 116 cm³/mol. The van der Waals surface area contributed by atoms with Crippen LogP contribution in [0.2, 0.25) is 0 Å². The van der Waals surface area contributed by atoms with Crippen LogP contribution in [0.4, 0.5) is 4.39 Å².